The van der Waals surface area contributed by atoms with E-state index in [-0.39, 0.29) is 17.9 Å². The van der Waals surface area contributed by atoms with Crippen molar-refractivity contribution in [3.63, 3.8) is 0 Å². The monoisotopic (exact) mass is 466 g/mol. The van der Waals surface area contributed by atoms with Crippen LogP contribution in [0.25, 0.3) is 6.08 Å². The first kappa shape index (κ1) is 22.9. The molecule has 1 heterocycles. The molecular weight excluding hydrogens is 436 g/mol. The average Bonchev–Trinajstić information content (AvgIpc) is 3.30. The lowest BCUT2D eigenvalue weighted by Crippen LogP contribution is -2.31. The number of ether oxygens (including phenoxy) is 2. The lowest BCUT2D eigenvalue weighted by molar-refractivity contribution is 0.0681. The Balaban J connectivity index is 1.55. The highest BCUT2D eigenvalue weighted by Gasteiger charge is 2.43. The maximum Gasteiger partial charge on any atom is 0.274 e. The van der Waals surface area contributed by atoms with E-state index in [1.54, 1.807) is 19.2 Å². The van der Waals surface area contributed by atoms with Gasteiger partial charge in [-0.2, -0.15) is 5.10 Å². The van der Waals surface area contributed by atoms with Gasteiger partial charge in [-0.05, 0) is 85.4 Å². The second-order valence-electron chi connectivity index (χ2n) is 9.16. The number of allylic oxidation sites excluding steroid dienone is 1. The highest BCUT2D eigenvalue weighted by Crippen LogP contribution is 2.45. The Kier molecular flexibility index (Phi) is 6.41. The topological polar surface area (TPSA) is 51.1 Å². The standard InChI is InChI=1S/C30H30N2O3/c1-20-7-11-23(12-8-20)30(33)32-29(22-13-17-26(35-3)18-14-22)27-6-4-5-24(28(27)31-32)19-21-9-15-25(34-2)16-10-21/h7-19,27,29H,4-6H2,1-3H3/b24-19-/t27-,29-/m0/s1. The minimum atomic E-state index is -0.149. The van der Waals surface area contributed by atoms with E-state index in [1.165, 1.54) is 5.57 Å². The van der Waals surface area contributed by atoms with Crippen molar-refractivity contribution in [1.82, 2.24) is 5.01 Å². The molecule has 5 heteroatoms. The molecule has 0 radical (unpaired) electrons. The second-order valence-corrected chi connectivity index (χ2v) is 9.16. The SMILES string of the molecule is COc1ccc(/C=C2/CCC[C@H]3C2=NN(C(=O)c2ccc(C)cc2)[C@H]3c2ccc(OC)cc2)cc1. The van der Waals surface area contributed by atoms with E-state index in [1.807, 2.05) is 55.5 Å². The van der Waals surface area contributed by atoms with Crippen LogP contribution in [-0.4, -0.2) is 30.8 Å². The van der Waals surface area contributed by atoms with Crippen molar-refractivity contribution < 1.29 is 14.3 Å². The molecule has 178 valence electrons. The maximum absolute atomic E-state index is 13.7. The van der Waals surface area contributed by atoms with Crippen LogP contribution in [0.1, 0.15) is 52.4 Å². The van der Waals surface area contributed by atoms with Crippen molar-refractivity contribution >= 4 is 17.7 Å². The number of hydrogen-bond donors (Lipinski definition) is 0. The van der Waals surface area contributed by atoms with Crippen LogP contribution in [0.3, 0.4) is 0 Å². The zero-order valence-corrected chi connectivity index (χ0v) is 20.4. The number of benzene rings is 3. The Labute approximate surface area is 206 Å². The number of nitrogens with zero attached hydrogens (tertiary/aromatic N) is 2. The minimum Gasteiger partial charge on any atom is -0.497 e. The summed E-state index contributed by atoms with van der Waals surface area (Å²) in [5.41, 5.74) is 6.17. The molecule has 1 aliphatic heterocycles. The summed E-state index contributed by atoms with van der Waals surface area (Å²) < 4.78 is 10.7. The summed E-state index contributed by atoms with van der Waals surface area (Å²) in [6, 6.07) is 23.6. The fourth-order valence-electron chi connectivity index (χ4n) is 5.03. The molecule has 0 bridgehead atoms. The molecule has 0 aromatic heterocycles. The highest BCUT2D eigenvalue weighted by atomic mass is 16.5. The van der Waals surface area contributed by atoms with Crippen molar-refractivity contribution in [2.75, 3.05) is 14.2 Å². The van der Waals surface area contributed by atoms with Crippen molar-refractivity contribution in [2.24, 2.45) is 11.0 Å². The quantitative estimate of drug-likeness (QED) is 0.434. The Bertz CT molecular complexity index is 1260. The van der Waals surface area contributed by atoms with Crippen LogP contribution in [-0.2, 0) is 0 Å². The van der Waals surface area contributed by atoms with E-state index in [9.17, 15) is 4.79 Å². The van der Waals surface area contributed by atoms with Crippen molar-refractivity contribution in [1.29, 1.82) is 0 Å². The second kappa shape index (κ2) is 9.79. The van der Waals surface area contributed by atoms with E-state index < -0.39 is 0 Å². The Morgan fingerprint density at radius 2 is 1.54 bits per heavy atom. The van der Waals surface area contributed by atoms with Gasteiger partial charge in [0.2, 0.25) is 0 Å². The third-order valence-corrected chi connectivity index (χ3v) is 6.92. The molecular formula is C30H30N2O3. The molecule has 2 aliphatic rings. The Hall–Kier alpha value is -3.86. The Morgan fingerprint density at radius 1 is 0.914 bits per heavy atom. The highest BCUT2D eigenvalue weighted by molar-refractivity contribution is 6.09. The molecule has 2 atom stereocenters. The fraction of sp³-hybridized carbons (Fsp3) is 0.267. The normalized spacial score (nSPS) is 20.4. The van der Waals surface area contributed by atoms with E-state index in [0.717, 1.165) is 53.2 Å². The number of rotatable bonds is 5. The number of amides is 1. The number of aryl methyl sites for hydroxylation is 1. The van der Waals surface area contributed by atoms with Crippen LogP contribution in [0.4, 0.5) is 0 Å². The first-order valence-electron chi connectivity index (χ1n) is 12.0. The third kappa shape index (κ3) is 4.59. The summed E-state index contributed by atoms with van der Waals surface area (Å²) in [6.45, 7) is 2.02. The zero-order chi connectivity index (χ0) is 24.4. The van der Waals surface area contributed by atoms with Crippen molar-refractivity contribution in [3.8, 4) is 11.5 Å². The molecule has 5 nitrogen and oxygen atoms in total. The minimum absolute atomic E-state index is 0.0727. The summed E-state index contributed by atoms with van der Waals surface area (Å²) in [5, 5.41) is 6.70. The van der Waals surface area contributed by atoms with Crippen molar-refractivity contribution in [3.05, 3.63) is 101 Å². The van der Waals surface area contributed by atoms with Crippen LogP contribution in [0, 0.1) is 12.8 Å². The largest absolute Gasteiger partial charge is 0.497 e. The van der Waals surface area contributed by atoms with Gasteiger partial charge < -0.3 is 9.47 Å². The van der Waals surface area contributed by atoms with Gasteiger partial charge in [-0.15, -0.1) is 0 Å². The van der Waals surface area contributed by atoms with Gasteiger partial charge in [0, 0.05) is 11.5 Å². The fourth-order valence-corrected chi connectivity index (χ4v) is 5.03. The first-order chi connectivity index (χ1) is 17.1. The van der Waals surface area contributed by atoms with E-state index in [4.69, 9.17) is 14.6 Å². The van der Waals surface area contributed by atoms with Crippen LogP contribution < -0.4 is 9.47 Å². The third-order valence-electron chi connectivity index (χ3n) is 6.92. The van der Waals surface area contributed by atoms with Gasteiger partial charge in [-0.3, -0.25) is 4.79 Å². The lowest BCUT2D eigenvalue weighted by atomic mass is 9.77. The number of hydrazone groups is 1. The molecule has 1 aliphatic carbocycles. The molecule has 35 heavy (non-hydrogen) atoms. The van der Waals surface area contributed by atoms with Gasteiger partial charge in [0.1, 0.15) is 11.5 Å². The first-order valence-corrected chi connectivity index (χ1v) is 12.0. The van der Waals surface area contributed by atoms with Crippen LogP contribution >= 0.6 is 0 Å². The molecule has 0 unspecified atom stereocenters. The van der Waals surface area contributed by atoms with Gasteiger partial charge in [0.15, 0.2) is 0 Å². The predicted octanol–water partition coefficient (Wildman–Crippen LogP) is 6.45. The molecule has 1 fully saturated rings. The van der Waals surface area contributed by atoms with Crippen LogP contribution in [0.15, 0.2) is 83.5 Å². The van der Waals surface area contributed by atoms with E-state index in [2.05, 4.69) is 30.3 Å². The summed E-state index contributed by atoms with van der Waals surface area (Å²) in [4.78, 5) is 13.7. The van der Waals surface area contributed by atoms with Crippen molar-refractivity contribution in [2.45, 2.75) is 32.2 Å². The summed E-state index contributed by atoms with van der Waals surface area (Å²) in [7, 11) is 3.34. The summed E-state index contributed by atoms with van der Waals surface area (Å²) >= 11 is 0. The van der Waals surface area contributed by atoms with Gasteiger partial charge in [-0.25, -0.2) is 5.01 Å². The van der Waals surface area contributed by atoms with Gasteiger partial charge in [0.05, 0.1) is 26.0 Å². The molecule has 0 N–H and O–H groups in total. The molecule has 0 saturated heterocycles. The zero-order valence-electron chi connectivity index (χ0n) is 20.4. The Morgan fingerprint density at radius 3 is 2.17 bits per heavy atom. The van der Waals surface area contributed by atoms with E-state index >= 15 is 0 Å². The molecule has 0 spiro atoms. The van der Waals surface area contributed by atoms with Gasteiger partial charge in [-0.1, -0.05) is 42.0 Å². The molecule has 3 aromatic rings. The average molecular weight is 467 g/mol. The number of methoxy groups -OCH3 is 2. The smallest absolute Gasteiger partial charge is 0.274 e. The lowest BCUT2D eigenvalue weighted by Gasteiger charge is -2.29. The number of fused-ring (bicyclic) bond motifs is 1. The molecule has 1 amide bonds. The predicted molar refractivity (Wildman–Crippen MR) is 139 cm³/mol. The van der Waals surface area contributed by atoms with E-state index in [0.29, 0.717) is 5.56 Å². The maximum atomic E-state index is 13.7. The summed E-state index contributed by atoms with van der Waals surface area (Å²) in [6.07, 6.45) is 5.21. The van der Waals surface area contributed by atoms with Crippen LogP contribution in [0.5, 0.6) is 11.5 Å². The van der Waals surface area contributed by atoms with Gasteiger partial charge >= 0.3 is 0 Å². The number of hydrogen-bond acceptors (Lipinski definition) is 4. The molecule has 5 rings (SSSR count). The number of carbonyl (C=O) groups is 1. The molecule has 1 saturated carbocycles. The summed E-state index contributed by atoms with van der Waals surface area (Å²) in [5.74, 6) is 1.71. The number of carbonyl (C=O) groups excluding carboxylic acids is 1. The molecule has 3 aromatic carbocycles. The van der Waals surface area contributed by atoms with Crippen LogP contribution in [0.2, 0.25) is 0 Å². The van der Waals surface area contributed by atoms with Gasteiger partial charge in [0.25, 0.3) is 5.91 Å².